The number of nitrogens with zero attached hydrogens (tertiary/aromatic N) is 1. The largest absolute Gasteiger partial charge is 0.351 e. The van der Waals surface area contributed by atoms with Gasteiger partial charge in [-0.1, -0.05) is 35.9 Å². The molecule has 3 rings (SSSR count). The van der Waals surface area contributed by atoms with Crippen molar-refractivity contribution in [2.45, 2.75) is 33.2 Å². The van der Waals surface area contributed by atoms with Crippen molar-refractivity contribution in [3.63, 3.8) is 0 Å². The average molecular weight is 400 g/mol. The van der Waals surface area contributed by atoms with Crippen molar-refractivity contribution >= 4 is 29.2 Å². The van der Waals surface area contributed by atoms with E-state index in [4.69, 9.17) is 11.6 Å². The number of hydrogen-bond donors (Lipinski definition) is 2. The van der Waals surface area contributed by atoms with Crippen LogP contribution in [-0.4, -0.2) is 29.9 Å². The number of anilines is 1. The molecule has 0 aliphatic carbocycles. The van der Waals surface area contributed by atoms with Crippen molar-refractivity contribution in [2.75, 3.05) is 18.4 Å². The van der Waals surface area contributed by atoms with Gasteiger partial charge in [-0.05, 0) is 62.1 Å². The number of halogens is 1. The lowest BCUT2D eigenvalue weighted by atomic mass is 9.81. The average Bonchev–Trinajstić information content (AvgIpc) is 2.69. The van der Waals surface area contributed by atoms with Crippen LogP contribution in [0, 0.1) is 12.3 Å². The van der Waals surface area contributed by atoms with Crippen molar-refractivity contribution in [2.24, 2.45) is 5.41 Å². The lowest BCUT2D eigenvalue weighted by Crippen LogP contribution is -2.52. The van der Waals surface area contributed by atoms with Gasteiger partial charge in [0.25, 0.3) is 0 Å². The summed E-state index contributed by atoms with van der Waals surface area (Å²) in [6.45, 7) is 5.50. The van der Waals surface area contributed by atoms with Gasteiger partial charge in [0.2, 0.25) is 5.91 Å². The second kappa shape index (κ2) is 8.65. The maximum absolute atomic E-state index is 12.9. The molecule has 1 heterocycles. The minimum Gasteiger partial charge on any atom is -0.351 e. The number of benzene rings is 2. The first kappa shape index (κ1) is 20.2. The Hall–Kier alpha value is -2.53. The van der Waals surface area contributed by atoms with Crippen LogP contribution in [0.2, 0.25) is 5.02 Å². The zero-order chi connectivity index (χ0) is 20.1. The number of aryl methyl sites for hydroxylation is 1. The Morgan fingerprint density at radius 1 is 1.14 bits per heavy atom. The maximum atomic E-state index is 12.9. The zero-order valence-electron chi connectivity index (χ0n) is 16.3. The van der Waals surface area contributed by atoms with Crippen molar-refractivity contribution in [1.82, 2.24) is 10.2 Å². The number of rotatable bonds is 4. The molecule has 5 nitrogen and oxygen atoms in total. The van der Waals surface area contributed by atoms with Gasteiger partial charge in [0.05, 0.1) is 5.41 Å². The van der Waals surface area contributed by atoms with E-state index in [-0.39, 0.29) is 11.9 Å². The van der Waals surface area contributed by atoms with Crippen LogP contribution in [0.4, 0.5) is 10.5 Å². The number of nitrogens with one attached hydrogen (secondary N) is 2. The molecule has 148 valence electrons. The predicted molar refractivity (Wildman–Crippen MR) is 112 cm³/mol. The molecule has 1 saturated heterocycles. The van der Waals surface area contributed by atoms with Crippen LogP contribution in [0.3, 0.4) is 0 Å². The lowest BCUT2D eigenvalue weighted by molar-refractivity contribution is -0.132. The van der Waals surface area contributed by atoms with E-state index in [1.807, 2.05) is 38.1 Å². The fourth-order valence-electron chi connectivity index (χ4n) is 3.53. The topological polar surface area (TPSA) is 61.4 Å². The Kier molecular flexibility index (Phi) is 6.25. The highest BCUT2D eigenvalue weighted by Crippen LogP contribution is 2.30. The summed E-state index contributed by atoms with van der Waals surface area (Å²) < 4.78 is 0. The van der Waals surface area contributed by atoms with E-state index in [1.165, 1.54) is 0 Å². The summed E-state index contributed by atoms with van der Waals surface area (Å²) in [6, 6.07) is 14.8. The molecule has 1 aliphatic heterocycles. The standard InChI is InChI=1S/C22H26ClN3O2/c1-16-6-3-4-7-17(16)14-24-20(27)22(2)12-5-13-26(15-22)21(28)25-19-10-8-18(23)9-11-19/h3-4,6-11H,5,12-15H2,1-2H3,(H,24,27)(H,25,28). The quantitative estimate of drug-likeness (QED) is 0.789. The second-order valence-electron chi connectivity index (χ2n) is 7.63. The van der Waals surface area contributed by atoms with Crippen molar-refractivity contribution < 1.29 is 9.59 Å². The van der Waals surface area contributed by atoms with Gasteiger partial charge >= 0.3 is 6.03 Å². The van der Waals surface area contributed by atoms with Crippen molar-refractivity contribution in [3.05, 3.63) is 64.7 Å². The number of amides is 3. The first-order valence-corrected chi connectivity index (χ1v) is 9.89. The molecule has 3 amide bonds. The second-order valence-corrected chi connectivity index (χ2v) is 8.07. The minimum absolute atomic E-state index is 0.0141. The third-order valence-corrected chi connectivity index (χ3v) is 5.58. The maximum Gasteiger partial charge on any atom is 0.321 e. The van der Waals surface area contributed by atoms with E-state index < -0.39 is 5.41 Å². The Bertz CT molecular complexity index is 853. The number of urea groups is 1. The monoisotopic (exact) mass is 399 g/mol. The molecule has 0 spiro atoms. The molecule has 1 aliphatic rings. The Balaban J connectivity index is 1.60. The zero-order valence-corrected chi connectivity index (χ0v) is 17.1. The van der Waals surface area contributed by atoms with Crippen LogP contribution in [0.25, 0.3) is 0 Å². The van der Waals surface area contributed by atoms with Gasteiger partial charge < -0.3 is 15.5 Å². The summed E-state index contributed by atoms with van der Waals surface area (Å²) in [5.41, 5.74) is 2.34. The van der Waals surface area contributed by atoms with Gasteiger partial charge in [-0.2, -0.15) is 0 Å². The Morgan fingerprint density at radius 2 is 1.86 bits per heavy atom. The molecular formula is C22H26ClN3O2. The first-order valence-electron chi connectivity index (χ1n) is 9.52. The highest BCUT2D eigenvalue weighted by atomic mass is 35.5. The van der Waals surface area contributed by atoms with Crippen LogP contribution in [-0.2, 0) is 11.3 Å². The molecule has 2 N–H and O–H groups in total. The molecule has 1 fully saturated rings. The van der Waals surface area contributed by atoms with E-state index in [1.54, 1.807) is 29.2 Å². The molecule has 2 aromatic rings. The van der Waals surface area contributed by atoms with Gasteiger partial charge in [0.1, 0.15) is 0 Å². The summed E-state index contributed by atoms with van der Waals surface area (Å²) in [7, 11) is 0. The fourth-order valence-corrected chi connectivity index (χ4v) is 3.66. The highest BCUT2D eigenvalue weighted by Gasteiger charge is 2.39. The molecule has 2 aromatic carbocycles. The predicted octanol–water partition coefficient (Wildman–Crippen LogP) is 4.60. The van der Waals surface area contributed by atoms with Crippen LogP contribution in [0.5, 0.6) is 0 Å². The van der Waals surface area contributed by atoms with Gasteiger partial charge in [0.15, 0.2) is 0 Å². The number of piperidine rings is 1. The van der Waals surface area contributed by atoms with E-state index in [0.29, 0.717) is 30.3 Å². The van der Waals surface area contributed by atoms with Crippen LogP contribution in [0.15, 0.2) is 48.5 Å². The summed E-state index contributed by atoms with van der Waals surface area (Å²) in [4.78, 5) is 27.2. The lowest BCUT2D eigenvalue weighted by Gasteiger charge is -2.39. The smallest absolute Gasteiger partial charge is 0.321 e. The molecule has 0 radical (unpaired) electrons. The van der Waals surface area contributed by atoms with E-state index in [2.05, 4.69) is 10.6 Å². The third kappa shape index (κ3) is 4.84. The molecule has 6 heteroatoms. The Labute approximate surface area is 171 Å². The van der Waals surface area contributed by atoms with Crippen molar-refractivity contribution in [1.29, 1.82) is 0 Å². The van der Waals surface area contributed by atoms with E-state index >= 15 is 0 Å². The van der Waals surface area contributed by atoms with Gasteiger partial charge in [-0.25, -0.2) is 4.79 Å². The summed E-state index contributed by atoms with van der Waals surface area (Å²) in [5.74, 6) is -0.0141. The molecule has 0 bridgehead atoms. The Morgan fingerprint density at radius 3 is 2.57 bits per heavy atom. The number of hydrogen-bond acceptors (Lipinski definition) is 2. The van der Waals surface area contributed by atoms with Gasteiger partial charge in [-0.3, -0.25) is 4.79 Å². The normalized spacial score (nSPS) is 19.2. The van der Waals surface area contributed by atoms with E-state index in [9.17, 15) is 9.59 Å². The molecule has 1 unspecified atom stereocenters. The fraction of sp³-hybridized carbons (Fsp3) is 0.364. The molecule has 28 heavy (non-hydrogen) atoms. The highest BCUT2D eigenvalue weighted by molar-refractivity contribution is 6.30. The number of carbonyl (C=O) groups is 2. The summed E-state index contributed by atoms with van der Waals surface area (Å²) >= 11 is 5.89. The van der Waals surface area contributed by atoms with E-state index in [0.717, 1.165) is 24.0 Å². The van der Waals surface area contributed by atoms with Crippen LogP contribution in [0.1, 0.15) is 30.9 Å². The molecule has 0 saturated carbocycles. The SMILES string of the molecule is Cc1ccccc1CNC(=O)C1(C)CCCN(C(=O)Nc2ccc(Cl)cc2)C1. The van der Waals surface area contributed by atoms with Crippen molar-refractivity contribution in [3.8, 4) is 0 Å². The molecular weight excluding hydrogens is 374 g/mol. The van der Waals surface area contributed by atoms with Gasteiger partial charge in [0, 0.05) is 30.3 Å². The third-order valence-electron chi connectivity index (χ3n) is 5.33. The van der Waals surface area contributed by atoms with Gasteiger partial charge in [-0.15, -0.1) is 0 Å². The van der Waals surface area contributed by atoms with Crippen LogP contribution >= 0.6 is 11.6 Å². The minimum atomic E-state index is -0.599. The summed E-state index contributed by atoms with van der Waals surface area (Å²) in [5, 5.41) is 6.55. The molecule has 0 aromatic heterocycles. The molecule has 1 atom stereocenters. The van der Waals surface area contributed by atoms with Crippen LogP contribution < -0.4 is 10.6 Å². The number of carbonyl (C=O) groups excluding carboxylic acids is 2. The summed E-state index contributed by atoms with van der Waals surface area (Å²) in [6.07, 6.45) is 1.56. The first-order chi connectivity index (χ1) is 13.4. The number of likely N-dealkylation sites (tertiary alicyclic amines) is 1.